The Bertz CT molecular complexity index is 585. The molecular weight excluding hydrogens is 232 g/mol. The second-order valence-corrected chi connectivity index (χ2v) is 3.82. The fourth-order valence-electron chi connectivity index (χ4n) is 1.49. The highest BCUT2D eigenvalue weighted by atomic mass is 16.3. The van der Waals surface area contributed by atoms with Crippen LogP contribution in [0.2, 0.25) is 0 Å². The van der Waals surface area contributed by atoms with Crippen LogP contribution in [0.5, 0.6) is 23.0 Å². The van der Waals surface area contributed by atoms with E-state index in [1.54, 1.807) is 36.4 Å². The van der Waals surface area contributed by atoms with Crippen LogP contribution in [0.3, 0.4) is 0 Å². The lowest BCUT2D eigenvalue weighted by Crippen LogP contribution is -1.77. The van der Waals surface area contributed by atoms with E-state index in [4.69, 9.17) is 5.11 Å². The van der Waals surface area contributed by atoms with Crippen molar-refractivity contribution in [2.45, 2.75) is 0 Å². The molecule has 0 heterocycles. The second-order valence-electron chi connectivity index (χ2n) is 3.82. The zero-order valence-electron chi connectivity index (χ0n) is 9.41. The maximum atomic E-state index is 9.58. The van der Waals surface area contributed by atoms with E-state index in [-0.39, 0.29) is 23.0 Å². The molecule has 0 radical (unpaired) electrons. The van der Waals surface area contributed by atoms with Crippen molar-refractivity contribution in [3.63, 3.8) is 0 Å². The Hall–Kier alpha value is -2.62. The minimum atomic E-state index is -0.366. The van der Waals surface area contributed by atoms with Crippen LogP contribution >= 0.6 is 0 Å². The van der Waals surface area contributed by atoms with Crippen LogP contribution in [0.25, 0.3) is 12.2 Å². The molecule has 2 aromatic rings. The lowest BCUT2D eigenvalue weighted by molar-refractivity contribution is 0.396. The smallest absolute Gasteiger partial charge is 0.161 e. The van der Waals surface area contributed by atoms with Gasteiger partial charge in [-0.1, -0.05) is 24.3 Å². The molecule has 18 heavy (non-hydrogen) atoms. The molecule has 0 aromatic heterocycles. The van der Waals surface area contributed by atoms with E-state index in [9.17, 15) is 15.3 Å². The van der Waals surface area contributed by atoms with Gasteiger partial charge in [0.2, 0.25) is 0 Å². The summed E-state index contributed by atoms with van der Waals surface area (Å²) in [5, 5.41) is 37.2. The minimum absolute atomic E-state index is 0.125. The zero-order valence-corrected chi connectivity index (χ0v) is 9.41. The Balaban J connectivity index is 2.28. The van der Waals surface area contributed by atoms with Crippen molar-refractivity contribution in [1.29, 1.82) is 0 Å². The summed E-state index contributed by atoms with van der Waals surface area (Å²) in [5.41, 5.74) is 1.22. The van der Waals surface area contributed by atoms with Crippen molar-refractivity contribution in [3.8, 4) is 23.0 Å². The zero-order chi connectivity index (χ0) is 13.1. The standard InChI is InChI=1S/C14H12O4/c15-11-5-2-9(3-6-11)1-4-10-7-13(17)14(18)8-12(10)16/h1-8,15-18H/b4-1+. The van der Waals surface area contributed by atoms with Gasteiger partial charge in [0, 0.05) is 11.6 Å². The Morgan fingerprint density at radius 1 is 0.667 bits per heavy atom. The van der Waals surface area contributed by atoms with Crippen molar-refractivity contribution < 1.29 is 20.4 Å². The number of aromatic hydroxyl groups is 4. The Kier molecular flexibility index (Phi) is 3.10. The summed E-state index contributed by atoms with van der Waals surface area (Å²) in [5.74, 6) is -0.606. The van der Waals surface area contributed by atoms with E-state index in [0.29, 0.717) is 5.56 Å². The molecule has 0 saturated carbocycles. The summed E-state index contributed by atoms with van der Waals surface area (Å²) in [6.07, 6.45) is 3.31. The average Bonchev–Trinajstić information content (AvgIpc) is 2.34. The third-order valence-electron chi connectivity index (χ3n) is 2.47. The van der Waals surface area contributed by atoms with E-state index < -0.39 is 0 Å². The van der Waals surface area contributed by atoms with E-state index in [1.165, 1.54) is 6.07 Å². The first-order chi connectivity index (χ1) is 8.56. The monoisotopic (exact) mass is 244 g/mol. The molecule has 0 aliphatic heterocycles. The predicted molar refractivity (Wildman–Crippen MR) is 68.5 cm³/mol. The van der Waals surface area contributed by atoms with Crippen LogP contribution < -0.4 is 0 Å². The summed E-state index contributed by atoms with van der Waals surface area (Å²) >= 11 is 0. The van der Waals surface area contributed by atoms with Crippen molar-refractivity contribution >= 4 is 12.2 Å². The maximum Gasteiger partial charge on any atom is 0.161 e. The molecule has 0 spiro atoms. The molecule has 2 aromatic carbocycles. The quantitative estimate of drug-likeness (QED) is 0.372. The number of benzene rings is 2. The van der Waals surface area contributed by atoms with Crippen LogP contribution in [0, 0.1) is 0 Å². The van der Waals surface area contributed by atoms with Gasteiger partial charge in [-0.25, -0.2) is 0 Å². The molecule has 0 aliphatic carbocycles. The minimum Gasteiger partial charge on any atom is -0.508 e. The fourth-order valence-corrected chi connectivity index (χ4v) is 1.49. The lowest BCUT2D eigenvalue weighted by atomic mass is 10.1. The Morgan fingerprint density at radius 2 is 1.28 bits per heavy atom. The van der Waals surface area contributed by atoms with Gasteiger partial charge in [-0.2, -0.15) is 0 Å². The fraction of sp³-hybridized carbons (Fsp3) is 0. The van der Waals surface area contributed by atoms with Crippen LogP contribution in [0.4, 0.5) is 0 Å². The van der Waals surface area contributed by atoms with E-state index >= 15 is 0 Å². The van der Waals surface area contributed by atoms with Crippen molar-refractivity contribution in [3.05, 3.63) is 47.5 Å². The van der Waals surface area contributed by atoms with E-state index in [1.807, 2.05) is 0 Å². The normalized spacial score (nSPS) is 10.9. The summed E-state index contributed by atoms with van der Waals surface area (Å²) in [6, 6.07) is 8.86. The maximum absolute atomic E-state index is 9.58. The molecule has 4 heteroatoms. The van der Waals surface area contributed by atoms with E-state index in [0.717, 1.165) is 11.6 Å². The first-order valence-electron chi connectivity index (χ1n) is 5.28. The Morgan fingerprint density at radius 3 is 1.94 bits per heavy atom. The van der Waals surface area contributed by atoms with Gasteiger partial charge in [0.25, 0.3) is 0 Å². The molecule has 0 atom stereocenters. The van der Waals surface area contributed by atoms with Crippen LogP contribution in [-0.2, 0) is 0 Å². The highest BCUT2D eigenvalue weighted by Gasteiger charge is 2.04. The molecule has 0 unspecified atom stereocenters. The van der Waals surface area contributed by atoms with Gasteiger partial charge in [-0.05, 0) is 23.8 Å². The van der Waals surface area contributed by atoms with Crippen molar-refractivity contribution in [2.75, 3.05) is 0 Å². The molecule has 0 amide bonds. The molecule has 4 N–H and O–H groups in total. The van der Waals surface area contributed by atoms with Gasteiger partial charge in [-0.3, -0.25) is 0 Å². The largest absolute Gasteiger partial charge is 0.508 e. The lowest BCUT2D eigenvalue weighted by Gasteiger charge is -2.02. The van der Waals surface area contributed by atoms with E-state index in [2.05, 4.69) is 0 Å². The molecule has 0 bridgehead atoms. The number of rotatable bonds is 2. The summed E-state index contributed by atoms with van der Waals surface area (Å²) in [7, 11) is 0. The molecule has 0 fully saturated rings. The molecule has 2 rings (SSSR count). The van der Waals surface area contributed by atoms with Crippen molar-refractivity contribution in [2.24, 2.45) is 0 Å². The highest BCUT2D eigenvalue weighted by Crippen LogP contribution is 2.33. The number of hydrogen-bond acceptors (Lipinski definition) is 4. The van der Waals surface area contributed by atoms with Crippen LogP contribution in [0.15, 0.2) is 36.4 Å². The molecule has 4 nitrogen and oxygen atoms in total. The summed E-state index contributed by atoms with van der Waals surface area (Å²) < 4.78 is 0. The molecular formula is C14H12O4. The topological polar surface area (TPSA) is 80.9 Å². The van der Waals surface area contributed by atoms with Crippen LogP contribution in [-0.4, -0.2) is 20.4 Å². The van der Waals surface area contributed by atoms with Gasteiger partial charge in [-0.15, -0.1) is 0 Å². The first-order valence-corrected chi connectivity index (χ1v) is 5.28. The number of phenolic OH excluding ortho intramolecular Hbond substituents is 4. The number of phenols is 4. The average molecular weight is 244 g/mol. The Labute approximate surface area is 104 Å². The van der Waals surface area contributed by atoms with Gasteiger partial charge >= 0.3 is 0 Å². The van der Waals surface area contributed by atoms with Crippen LogP contribution in [0.1, 0.15) is 11.1 Å². The predicted octanol–water partition coefficient (Wildman–Crippen LogP) is 2.68. The van der Waals surface area contributed by atoms with Gasteiger partial charge in [0.05, 0.1) is 0 Å². The van der Waals surface area contributed by atoms with Gasteiger partial charge in [0.15, 0.2) is 11.5 Å². The second kappa shape index (κ2) is 4.71. The summed E-state index contributed by atoms with van der Waals surface area (Å²) in [6.45, 7) is 0. The SMILES string of the molecule is Oc1ccc(/C=C/c2cc(O)c(O)cc2O)cc1. The number of hydrogen-bond donors (Lipinski definition) is 4. The highest BCUT2D eigenvalue weighted by molar-refractivity contribution is 5.74. The van der Waals surface area contributed by atoms with Crippen molar-refractivity contribution in [1.82, 2.24) is 0 Å². The van der Waals surface area contributed by atoms with Gasteiger partial charge in [0.1, 0.15) is 11.5 Å². The first kappa shape index (κ1) is 11.9. The third-order valence-corrected chi connectivity index (χ3v) is 2.47. The third kappa shape index (κ3) is 2.55. The molecule has 0 saturated heterocycles. The summed E-state index contributed by atoms with van der Waals surface area (Å²) in [4.78, 5) is 0. The van der Waals surface area contributed by atoms with Gasteiger partial charge < -0.3 is 20.4 Å². The molecule has 92 valence electrons. The molecule has 0 aliphatic rings.